The Morgan fingerprint density at radius 2 is 2.00 bits per heavy atom. The molecular formula is C15H27N. The lowest BCUT2D eigenvalue weighted by atomic mass is 9.80. The zero-order valence-electron chi connectivity index (χ0n) is 11.6. The van der Waals surface area contributed by atoms with Gasteiger partial charge in [-0.2, -0.15) is 0 Å². The summed E-state index contributed by atoms with van der Waals surface area (Å²) in [6.07, 6.45) is 7.60. The molecule has 0 amide bonds. The van der Waals surface area contributed by atoms with Gasteiger partial charge in [0.2, 0.25) is 0 Å². The van der Waals surface area contributed by atoms with E-state index in [1.54, 1.807) is 0 Å². The maximum Gasteiger partial charge on any atom is 0.0464 e. The molecule has 1 aliphatic rings. The normalized spacial score (nSPS) is 21.0. The highest BCUT2D eigenvalue weighted by Gasteiger charge is 2.23. The molecule has 0 aromatic heterocycles. The van der Waals surface area contributed by atoms with Gasteiger partial charge in [0, 0.05) is 17.8 Å². The van der Waals surface area contributed by atoms with Gasteiger partial charge in [0.15, 0.2) is 0 Å². The molecule has 92 valence electrons. The summed E-state index contributed by atoms with van der Waals surface area (Å²) in [5.41, 5.74) is 2.64. The van der Waals surface area contributed by atoms with Crippen molar-refractivity contribution in [1.82, 2.24) is 0 Å². The average Bonchev–Trinajstić information content (AvgIpc) is 2.32. The minimum absolute atomic E-state index is 0.632. The second kappa shape index (κ2) is 8.32. The van der Waals surface area contributed by atoms with Crippen LogP contribution >= 0.6 is 0 Å². The van der Waals surface area contributed by atoms with Crippen LogP contribution in [-0.2, 0) is 0 Å². The number of rotatable bonds is 3. The number of hydrogen-bond acceptors (Lipinski definition) is 1. The number of allylic oxidation sites excluding steroid dienone is 3. The first-order valence-corrected chi connectivity index (χ1v) is 6.54. The molecule has 1 aliphatic carbocycles. The maximum absolute atomic E-state index is 4.52. The van der Waals surface area contributed by atoms with Gasteiger partial charge >= 0.3 is 0 Å². The summed E-state index contributed by atoms with van der Waals surface area (Å²) in [6, 6.07) is 0. The molecule has 0 saturated heterocycles. The van der Waals surface area contributed by atoms with Crippen LogP contribution in [0.15, 0.2) is 28.9 Å². The summed E-state index contributed by atoms with van der Waals surface area (Å²) in [4.78, 5) is 4.52. The van der Waals surface area contributed by atoms with Crippen LogP contribution in [0, 0.1) is 11.8 Å². The molecule has 0 spiro atoms. The summed E-state index contributed by atoms with van der Waals surface area (Å²) in [5, 5.41) is 0. The van der Waals surface area contributed by atoms with Crippen molar-refractivity contribution in [3.05, 3.63) is 23.9 Å². The lowest BCUT2D eigenvalue weighted by molar-refractivity contribution is 0.382. The van der Waals surface area contributed by atoms with Gasteiger partial charge in [-0.05, 0) is 37.7 Å². The molecule has 1 heteroatoms. The Kier molecular flexibility index (Phi) is 7.88. The molecular weight excluding hydrogens is 194 g/mol. The number of hydrogen-bond donors (Lipinski definition) is 0. The van der Waals surface area contributed by atoms with Gasteiger partial charge in [-0.3, -0.25) is 4.99 Å². The molecule has 0 aromatic rings. The first-order valence-electron chi connectivity index (χ1n) is 6.54. The molecule has 1 unspecified atom stereocenters. The second-order valence-corrected chi connectivity index (χ2v) is 4.24. The molecule has 0 fully saturated rings. The fourth-order valence-electron chi connectivity index (χ4n) is 2.19. The molecule has 0 aromatic carbocycles. The van der Waals surface area contributed by atoms with E-state index in [-0.39, 0.29) is 0 Å². The summed E-state index contributed by atoms with van der Waals surface area (Å²) >= 11 is 0. The Labute approximate surface area is 101 Å². The molecule has 0 radical (unpaired) electrons. The first kappa shape index (κ1) is 15.2. The third-order valence-corrected chi connectivity index (χ3v) is 2.96. The Hall–Kier alpha value is -0.850. The van der Waals surface area contributed by atoms with Gasteiger partial charge < -0.3 is 0 Å². The molecule has 16 heavy (non-hydrogen) atoms. The Balaban J connectivity index is 0.00000106. The van der Waals surface area contributed by atoms with E-state index in [0.717, 1.165) is 6.42 Å². The number of aliphatic imine (C=N–C) groups is 1. The lowest BCUT2D eigenvalue weighted by Gasteiger charge is -2.27. The molecule has 0 bridgehead atoms. The van der Waals surface area contributed by atoms with Crippen molar-refractivity contribution in [2.75, 3.05) is 0 Å². The van der Waals surface area contributed by atoms with Gasteiger partial charge in [-0.15, -0.1) is 0 Å². The Morgan fingerprint density at radius 3 is 2.44 bits per heavy atom. The summed E-state index contributed by atoms with van der Waals surface area (Å²) in [7, 11) is 0. The van der Waals surface area contributed by atoms with Crippen LogP contribution in [0.5, 0.6) is 0 Å². The van der Waals surface area contributed by atoms with Crippen molar-refractivity contribution in [2.24, 2.45) is 16.8 Å². The zero-order chi connectivity index (χ0) is 12.6. The van der Waals surface area contributed by atoms with Crippen LogP contribution in [0.3, 0.4) is 0 Å². The van der Waals surface area contributed by atoms with Crippen molar-refractivity contribution in [1.29, 1.82) is 0 Å². The smallest absolute Gasteiger partial charge is 0.0464 e. The van der Waals surface area contributed by atoms with E-state index in [1.165, 1.54) is 24.1 Å². The SMILES string of the molecule is C=CC1=C(N=CC)C(C(C)C)CCC1.CC. The monoisotopic (exact) mass is 221 g/mol. The van der Waals surface area contributed by atoms with Gasteiger partial charge in [0.25, 0.3) is 0 Å². The van der Waals surface area contributed by atoms with E-state index in [2.05, 4.69) is 25.4 Å². The van der Waals surface area contributed by atoms with E-state index in [0.29, 0.717) is 11.8 Å². The quantitative estimate of drug-likeness (QED) is 0.595. The summed E-state index contributed by atoms with van der Waals surface area (Å²) < 4.78 is 0. The zero-order valence-corrected chi connectivity index (χ0v) is 11.6. The van der Waals surface area contributed by atoms with E-state index < -0.39 is 0 Å². The standard InChI is InChI=1S/C13H21N.C2H6/c1-5-11-8-7-9-12(10(3)4)13(11)14-6-2;1-2/h5-6,10,12H,1,7-9H2,2-4H3;1-2H3. The Bertz CT molecular complexity index is 259. The summed E-state index contributed by atoms with van der Waals surface area (Å²) in [5.74, 6) is 1.32. The van der Waals surface area contributed by atoms with Crippen LogP contribution in [-0.4, -0.2) is 6.21 Å². The van der Waals surface area contributed by atoms with Crippen LogP contribution < -0.4 is 0 Å². The van der Waals surface area contributed by atoms with Crippen LogP contribution in [0.4, 0.5) is 0 Å². The van der Waals surface area contributed by atoms with E-state index in [4.69, 9.17) is 0 Å². The third-order valence-electron chi connectivity index (χ3n) is 2.96. The highest BCUT2D eigenvalue weighted by Crippen LogP contribution is 2.35. The van der Waals surface area contributed by atoms with Crippen LogP contribution in [0.2, 0.25) is 0 Å². The number of nitrogens with zero attached hydrogens (tertiary/aromatic N) is 1. The largest absolute Gasteiger partial charge is 0.265 e. The first-order chi connectivity index (χ1) is 7.70. The van der Waals surface area contributed by atoms with Crippen molar-refractivity contribution in [2.45, 2.75) is 53.9 Å². The molecule has 0 N–H and O–H groups in total. The van der Waals surface area contributed by atoms with Gasteiger partial charge in [0.1, 0.15) is 0 Å². The molecule has 1 nitrogen and oxygen atoms in total. The van der Waals surface area contributed by atoms with Crippen LogP contribution in [0.1, 0.15) is 53.9 Å². The summed E-state index contributed by atoms with van der Waals surface area (Å²) in [6.45, 7) is 14.4. The third kappa shape index (κ3) is 3.96. The van der Waals surface area contributed by atoms with E-state index >= 15 is 0 Å². The fourth-order valence-corrected chi connectivity index (χ4v) is 2.19. The Morgan fingerprint density at radius 1 is 1.38 bits per heavy atom. The molecule has 0 saturated carbocycles. The van der Waals surface area contributed by atoms with Crippen molar-refractivity contribution < 1.29 is 0 Å². The topological polar surface area (TPSA) is 12.4 Å². The highest BCUT2D eigenvalue weighted by molar-refractivity contribution is 5.56. The van der Waals surface area contributed by atoms with Crippen molar-refractivity contribution >= 4 is 6.21 Å². The van der Waals surface area contributed by atoms with E-state index in [1.807, 2.05) is 33.1 Å². The minimum atomic E-state index is 0.632. The van der Waals surface area contributed by atoms with Gasteiger partial charge in [0.05, 0.1) is 0 Å². The van der Waals surface area contributed by atoms with Gasteiger partial charge in [-0.25, -0.2) is 0 Å². The molecule has 0 aliphatic heterocycles. The highest BCUT2D eigenvalue weighted by atomic mass is 14.8. The molecule has 0 heterocycles. The fraction of sp³-hybridized carbons (Fsp3) is 0.667. The average molecular weight is 221 g/mol. The van der Waals surface area contributed by atoms with Crippen molar-refractivity contribution in [3.63, 3.8) is 0 Å². The minimum Gasteiger partial charge on any atom is -0.265 e. The second-order valence-electron chi connectivity index (χ2n) is 4.24. The maximum atomic E-state index is 4.52. The predicted octanol–water partition coefficient (Wildman–Crippen LogP) is 5.00. The molecule has 1 atom stereocenters. The van der Waals surface area contributed by atoms with E-state index in [9.17, 15) is 0 Å². The lowest BCUT2D eigenvalue weighted by Crippen LogP contribution is -2.16. The predicted molar refractivity (Wildman–Crippen MR) is 74.9 cm³/mol. The van der Waals surface area contributed by atoms with Gasteiger partial charge in [-0.1, -0.05) is 40.3 Å². The van der Waals surface area contributed by atoms with Crippen molar-refractivity contribution in [3.8, 4) is 0 Å². The molecule has 1 rings (SSSR count). The van der Waals surface area contributed by atoms with Crippen LogP contribution in [0.25, 0.3) is 0 Å².